The van der Waals surface area contributed by atoms with Gasteiger partial charge >= 0.3 is 6.36 Å². The number of nitrogens with zero attached hydrogens (tertiary/aromatic N) is 2. The number of hydrogen-bond acceptors (Lipinski definition) is 5. The highest BCUT2D eigenvalue weighted by Crippen LogP contribution is 2.40. The second-order valence-corrected chi connectivity index (χ2v) is 9.29. The molecular weight excluding hydrogens is 485 g/mol. The fourth-order valence-electron chi connectivity index (χ4n) is 4.54. The summed E-state index contributed by atoms with van der Waals surface area (Å²) >= 11 is 0. The fourth-order valence-corrected chi connectivity index (χ4v) is 4.54. The van der Waals surface area contributed by atoms with E-state index in [1.165, 1.54) is 18.2 Å². The molecular formula is C27H31F3N4O3. The lowest BCUT2D eigenvalue weighted by Crippen LogP contribution is -2.39. The molecule has 198 valence electrons. The molecule has 0 spiro atoms. The van der Waals surface area contributed by atoms with Crippen molar-refractivity contribution in [1.29, 1.82) is 0 Å². The number of hydrogen-bond donors (Lipinski definition) is 3. The predicted octanol–water partition coefficient (Wildman–Crippen LogP) is 4.04. The Morgan fingerprint density at radius 2 is 1.89 bits per heavy atom. The first-order valence-corrected chi connectivity index (χ1v) is 12.1. The molecule has 1 aromatic heterocycles. The number of aromatic nitrogens is 1. The molecule has 2 heterocycles. The minimum atomic E-state index is -4.82. The summed E-state index contributed by atoms with van der Waals surface area (Å²) in [5, 5.41) is 15.9. The lowest BCUT2D eigenvalue weighted by molar-refractivity contribution is -0.274. The summed E-state index contributed by atoms with van der Waals surface area (Å²) in [6, 6.07) is 15.1. The molecule has 0 radical (unpaired) electrons. The third-order valence-electron chi connectivity index (χ3n) is 6.27. The van der Waals surface area contributed by atoms with Gasteiger partial charge in [0.15, 0.2) is 0 Å². The van der Waals surface area contributed by atoms with Crippen molar-refractivity contribution in [1.82, 2.24) is 20.1 Å². The van der Waals surface area contributed by atoms with Crippen LogP contribution >= 0.6 is 0 Å². The number of amides is 1. The number of fused-ring (bicyclic) bond motifs is 1. The number of aliphatic hydroxyl groups excluding tert-OH is 1. The molecule has 1 aliphatic heterocycles. The Hall–Kier alpha value is -3.34. The van der Waals surface area contributed by atoms with Crippen molar-refractivity contribution in [2.45, 2.75) is 25.4 Å². The van der Waals surface area contributed by atoms with E-state index in [-0.39, 0.29) is 24.3 Å². The van der Waals surface area contributed by atoms with Gasteiger partial charge in [-0.25, -0.2) is 0 Å². The Morgan fingerprint density at radius 3 is 2.57 bits per heavy atom. The zero-order valence-corrected chi connectivity index (χ0v) is 20.8. The van der Waals surface area contributed by atoms with E-state index in [9.17, 15) is 23.1 Å². The molecule has 1 unspecified atom stereocenters. The molecule has 0 saturated carbocycles. The quantitative estimate of drug-likeness (QED) is 0.355. The summed E-state index contributed by atoms with van der Waals surface area (Å²) in [7, 11) is 4.03. The van der Waals surface area contributed by atoms with Crippen molar-refractivity contribution >= 4 is 5.91 Å². The van der Waals surface area contributed by atoms with Crippen molar-refractivity contribution in [2.24, 2.45) is 0 Å². The van der Waals surface area contributed by atoms with Crippen molar-refractivity contribution < 1.29 is 27.8 Å². The SMILES string of the molecule is CN(C)CCNCc1ccc(-c2c(-c3cccc(OC(F)(F)F)c3)cc3n2C(CCO)CNC3=O)cc1. The van der Waals surface area contributed by atoms with Crippen molar-refractivity contribution in [2.75, 3.05) is 40.3 Å². The molecule has 0 saturated heterocycles. The average molecular weight is 517 g/mol. The van der Waals surface area contributed by atoms with Crippen LogP contribution in [0.25, 0.3) is 22.4 Å². The number of nitrogens with one attached hydrogen (secondary N) is 2. The largest absolute Gasteiger partial charge is 0.573 e. The van der Waals surface area contributed by atoms with Gasteiger partial charge in [-0.3, -0.25) is 4.79 Å². The lowest BCUT2D eigenvalue weighted by Gasteiger charge is -2.28. The van der Waals surface area contributed by atoms with Crippen LogP contribution in [-0.2, 0) is 6.54 Å². The molecule has 37 heavy (non-hydrogen) atoms. The second kappa shape index (κ2) is 11.4. The van der Waals surface area contributed by atoms with Crippen LogP contribution in [0.4, 0.5) is 13.2 Å². The highest BCUT2D eigenvalue weighted by Gasteiger charge is 2.32. The Labute approximate surface area is 213 Å². The highest BCUT2D eigenvalue weighted by atomic mass is 19.4. The number of likely N-dealkylation sites (N-methyl/N-ethyl adjacent to an activating group) is 1. The van der Waals surface area contributed by atoms with Gasteiger partial charge in [-0.1, -0.05) is 36.4 Å². The summed E-state index contributed by atoms with van der Waals surface area (Å²) in [5.41, 5.74) is 4.10. The molecule has 3 aromatic rings. The van der Waals surface area contributed by atoms with E-state index in [2.05, 4.69) is 20.3 Å². The van der Waals surface area contributed by atoms with Gasteiger partial charge in [0.25, 0.3) is 5.91 Å². The normalized spacial score (nSPS) is 15.5. The molecule has 1 aliphatic rings. The number of ether oxygens (including phenoxy) is 1. The van der Waals surface area contributed by atoms with E-state index in [0.29, 0.717) is 42.0 Å². The molecule has 4 rings (SSSR count). The van der Waals surface area contributed by atoms with Gasteiger partial charge in [0, 0.05) is 38.3 Å². The van der Waals surface area contributed by atoms with Gasteiger partial charge in [-0.05, 0) is 55.4 Å². The maximum absolute atomic E-state index is 12.9. The predicted molar refractivity (Wildman–Crippen MR) is 135 cm³/mol. The van der Waals surface area contributed by atoms with Crippen molar-refractivity contribution in [3.05, 3.63) is 65.9 Å². The van der Waals surface area contributed by atoms with Gasteiger partial charge in [0.05, 0.1) is 11.7 Å². The Kier molecular flexibility index (Phi) is 8.21. The number of rotatable bonds is 10. The zero-order valence-electron chi connectivity index (χ0n) is 20.8. The summed E-state index contributed by atoms with van der Waals surface area (Å²) in [6.45, 7) is 2.74. The Bertz CT molecular complexity index is 1220. The molecule has 10 heteroatoms. The number of aliphatic hydroxyl groups is 1. The summed E-state index contributed by atoms with van der Waals surface area (Å²) < 4.78 is 44.6. The summed E-state index contributed by atoms with van der Waals surface area (Å²) in [5.74, 6) is -0.610. The number of halogens is 3. The van der Waals surface area contributed by atoms with Crippen LogP contribution in [0.1, 0.15) is 28.5 Å². The molecule has 2 aromatic carbocycles. The van der Waals surface area contributed by atoms with Gasteiger partial charge in [-0.2, -0.15) is 0 Å². The minimum Gasteiger partial charge on any atom is -0.406 e. The van der Waals surface area contributed by atoms with Crippen LogP contribution < -0.4 is 15.4 Å². The topological polar surface area (TPSA) is 78.8 Å². The first-order valence-electron chi connectivity index (χ1n) is 12.1. The molecule has 1 atom stereocenters. The molecule has 0 fully saturated rings. The third kappa shape index (κ3) is 6.51. The minimum absolute atomic E-state index is 0.0700. The Balaban J connectivity index is 1.75. The number of carbonyl (C=O) groups excluding carboxylic acids is 1. The second-order valence-electron chi connectivity index (χ2n) is 9.29. The highest BCUT2D eigenvalue weighted by molar-refractivity contribution is 5.98. The first kappa shape index (κ1) is 26.7. The lowest BCUT2D eigenvalue weighted by atomic mass is 9.99. The van der Waals surface area contributed by atoms with Crippen LogP contribution in [-0.4, -0.2) is 67.2 Å². The molecule has 1 amide bonds. The van der Waals surface area contributed by atoms with E-state index in [1.807, 2.05) is 42.9 Å². The van der Waals surface area contributed by atoms with E-state index < -0.39 is 6.36 Å². The van der Waals surface area contributed by atoms with Crippen LogP contribution in [0, 0.1) is 0 Å². The van der Waals surface area contributed by atoms with E-state index >= 15 is 0 Å². The van der Waals surface area contributed by atoms with E-state index in [4.69, 9.17) is 0 Å². The van der Waals surface area contributed by atoms with Crippen LogP contribution in [0.3, 0.4) is 0 Å². The maximum atomic E-state index is 12.9. The Morgan fingerprint density at radius 1 is 1.14 bits per heavy atom. The van der Waals surface area contributed by atoms with Gasteiger partial charge in [-0.15, -0.1) is 13.2 Å². The molecule has 0 aliphatic carbocycles. The molecule has 3 N–H and O–H groups in total. The standard InChI is InChI=1S/C27H31F3N4O3/c1-33(2)12-11-31-16-18-6-8-19(9-7-18)25-23(20-4-3-5-22(14-20)37-27(28,29)30)15-24-26(36)32-17-21(10-13-35)34(24)25/h3-9,14-15,21,31,35H,10-13,16-17H2,1-2H3,(H,32,36). The van der Waals surface area contributed by atoms with Crippen molar-refractivity contribution in [3.8, 4) is 28.1 Å². The van der Waals surface area contributed by atoms with Gasteiger partial charge in [0.2, 0.25) is 0 Å². The average Bonchev–Trinajstić information content (AvgIpc) is 3.25. The fraction of sp³-hybridized carbons (Fsp3) is 0.370. The van der Waals surface area contributed by atoms with E-state index in [0.717, 1.165) is 24.2 Å². The number of benzene rings is 2. The smallest absolute Gasteiger partial charge is 0.406 e. The summed E-state index contributed by atoms with van der Waals surface area (Å²) in [4.78, 5) is 14.9. The number of carbonyl (C=O) groups is 1. The summed E-state index contributed by atoms with van der Waals surface area (Å²) in [6.07, 6.45) is -4.40. The van der Waals surface area contributed by atoms with Crippen LogP contribution in [0.2, 0.25) is 0 Å². The number of alkyl halides is 3. The van der Waals surface area contributed by atoms with Gasteiger partial charge < -0.3 is 29.9 Å². The molecule has 0 bridgehead atoms. The van der Waals surface area contributed by atoms with Crippen molar-refractivity contribution in [3.63, 3.8) is 0 Å². The molecule has 7 nitrogen and oxygen atoms in total. The first-order chi connectivity index (χ1) is 17.7. The van der Waals surface area contributed by atoms with E-state index in [1.54, 1.807) is 12.1 Å². The van der Waals surface area contributed by atoms with Crippen LogP contribution in [0.5, 0.6) is 5.75 Å². The van der Waals surface area contributed by atoms with Gasteiger partial charge in [0.1, 0.15) is 11.4 Å². The zero-order chi connectivity index (χ0) is 26.6. The monoisotopic (exact) mass is 516 g/mol. The maximum Gasteiger partial charge on any atom is 0.573 e. The third-order valence-corrected chi connectivity index (χ3v) is 6.27. The van der Waals surface area contributed by atoms with Crippen LogP contribution in [0.15, 0.2) is 54.6 Å².